The van der Waals surface area contributed by atoms with E-state index >= 15 is 0 Å². The Balaban J connectivity index is 1.37. The predicted octanol–water partition coefficient (Wildman–Crippen LogP) is 1.54. The fraction of sp³-hybridized carbons (Fsp3) is 0.552. The Labute approximate surface area is 237 Å². The van der Waals surface area contributed by atoms with Gasteiger partial charge in [-0.3, -0.25) is 0 Å². The van der Waals surface area contributed by atoms with Crippen LogP contribution in [-0.2, 0) is 23.7 Å². The molecular formula is C29H36O12. The SMILES string of the molecule is COC(=O)[C@]1(C)OC(Oc2cc([C@@H]3OCC4C3CO[C@@H]4c3ccc(OC)c(OC)c3)ccc2OC)[C@@H](O)[C@H](O)[C@H]1O. The van der Waals surface area contributed by atoms with Gasteiger partial charge in [0.2, 0.25) is 6.29 Å². The molecule has 0 saturated carbocycles. The number of carbonyl (C=O) groups excluding carboxylic acids is 1. The van der Waals surface area contributed by atoms with E-state index < -0.39 is 36.2 Å². The highest BCUT2D eigenvalue weighted by molar-refractivity contribution is 5.80. The van der Waals surface area contributed by atoms with Crippen molar-refractivity contribution in [3.8, 4) is 23.0 Å². The monoisotopic (exact) mass is 576 g/mol. The molecule has 5 rings (SSSR count). The standard InChI is InChI=1S/C29H36O12/c1-29(28(33)37-5)26(32)22(30)23(31)27(41-29)40-21-11-15(7-9-19(21)35-3)25-17-13-38-24(16(17)12-39-25)14-6-8-18(34-2)20(10-14)36-4/h6-11,16-17,22-27,30-32H,12-13H2,1-5H3/t16?,17?,22-,23-,24+,25-,26+,27?,29+/m0/s1. The zero-order valence-electron chi connectivity index (χ0n) is 23.5. The Hall–Kier alpha value is -3.13. The van der Waals surface area contributed by atoms with E-state index in [-0.39, 0.29) is 29.8 Å². The number of rotatable bonds is 8. The molecule has 224 valence electrons. The van der Waals surface area contributed by atoms with Crippen LogP contribution >= 0.6 is 0 Å². The van der Waals surface area contributed by atoms with Gasteiger partial charge in [0.25, 0.3) is 0 Å². The van der Waals surface area contributed by atoms with Crippen LogP contribution < -0.4 is 18.9 Å². The third-order valence-electron chi connectivity index (χ3n) is 8.23. The molecule has 3 N–H and O–H groups in total. The third kappa shape index (κ3) is 5.09. The maximum atomic E-state index is 12.4. The molecule has 0 aromatic heterocycles. The van der Waals surface area contributed by atoms with Gasteiger partial charge in [0.05, 0.1) is 53.9 Å². The van der Waals surface area contributed by atoms with Gasteiger partial charge in [-0.25, -0.2) is 4.79 Å². The smallest absolute Gasteiger partial charge is 0.340 e. The highest BCUT2D eigenvalue weighted by Gasteiger charge is 2.57. The van der Waals surface area contributed by atoms with E-state index in [2.05, 4.69) is 0 Å². The molecular weight excluding hydrogens is 540 g/mol. The van der Waals surface area contributed by atoms with Crippen LogP contribution in [0.1, 0.15) is 30.3 Å². The minimum absolute atomic E-state index is 0.0467. The first-order chi connectivity index (χ1) is 19.7. The van der Waals surface area contributed by atoms with E-state index in [0.29, 0.717) is 30.5 Å². The molecule has 0 bridgehead atoms. The van der Waals surface area contributed by atoms with Gasteiger partial charge >= 0.3 is 5.97 Å². The molecule has 12 nitrogen and oxygen atoms in total. The van der Waals surface area contributed by atoms with Crippen LogP contribution in [0.3, 0.4) is 0 Å². The summed E-state index contributed by atoms with van der Waals surface area (Å²) in [5.41, 5.74) is -0.229. The van der Waals surface area contributed by atoms with E-state index in [1.807, 2.05) is 24.3 Å². The summed E-state index contributed by atoms with van der Waals surface area (Å²) in [6, 6.07) is 11.0. The van der Waals surface area contributed by atoms with Gasteiger partial charge < -0.3 is 53.2 Å². The van der Waals surface area contributed by atoms with Crippen LogP contribution in [0.4, 0.5) is 0 Å². The highest BCUT2D eigenvalue weighted by Crippen LogP contribution is 2.51. The van der Waals surface area contributed by atoms with Crippen molar-refractivity contribution in [2.24, 2.45) is 11.8 Å². The van der Waals surface area contributed by atoms with Gasteiger partial charge in [-0.1, -0.05) is 12.1 Å². The molecule has 41 heavy (non-hydrogen) atoms. The number of methoxy groups -OCH3 is 4. The number of carbonyl (C=O) groups is 1. The Kier molecular flexibility index (Phi) is 8.33. The number of ether oxygens (including phenoxy) is 8. The number of esters is 1. The van der Waals surface area contributed by atoms with E-state index in [1.165, 1.54) is 14.0 Å². The van der Waals surface area contributed by atoms with Gasteiger partial charge in [-0.15, -0.1) is 0 Å². The second-order valence-electron chi connectivity index (χ2n) is 10.5. The second-order valence-corrected chi connectivity index (χ2v) is 10.5. The van der Waals surface area contributed by atoms with E-state index in [0.717, 1.165) is 18.2 Å². The van der Waals surface area contributed by atoms with Gasteiger partial charge in [0.15, 0.2) is 28.6 Å². The molecule has 2 aromatic carbocycles. The lowest BCUT2D eigenvalue weighted by Crippen LogP contribution is -2.67. The van der Waals surface area contributed by atoms with Crippen LogP contribution in [0.2, 0.25) is 0 Å². The molecule has 0 spiro atoms. The molecule has 0 radical (unpaired) electrons. The number of aliphatic hydroxyl groups excluding tert-OH is 3. The fourth-order valence-corrected chi connectivity index (χ4v) is 5.87. The summed E-state index contributed by atoms with van der Waals surface area (Å²) in [5, 5.41) is 31.5. The largest absolute Gasteiger partial charge is 0.493 e. The first kappa shape index (κ1) is 29.4. The van der Waals surface area contributed by atoms with Gasteiger partial charge in [-0.05, 0) is 42.3 Å². The Morgan fingerprint density at radius 3 is 1.80 bits per heavy atom. The lowest BCUT2D eigenvalue weighted by atomic mass is 9.85. The summed E-state index contributed by atoms with van der Waals surface area (Å²) in [6.45, 7) is 2.20. The topological polar surface area (TPSA) is 152 Å². The lowest BCUT2D eigenvalue weighted by Gasteiger charge is -2.44. The lowest BCUT2D eigenvalue weighted by molar-refractivity contribution is -0.303. The van der Waals surface area contributed by atoms with Crippen molar-refractivity contribution >= 4 is 5.97 Å². The van der Waals surface area contributed by atoms with E-state index in [9.17, 15) is 20.1 Å². The third-order valence-corrected chi connectivity index (χ3v) is 8.23. The number of benzene rings is 2. The van der Waals surface area contributed by atoms with Crippen molar-refractivity contribution in [3.05, 3.63) is 47.5 Å². The van der Waals surface area contributed by atoms with Crippen molar-refractivity contribution in [1.82, 2.24) is 0 Å². The molecule has 3 saturated heterocycles. The van der Waals surface area contributed by atoms with Crippen LogP contribution in [0.5, 0.6) is 23.0 Å². The molecule has 0 amide bonds. The first-order valence-corrected chi connectivity index (χ1v) is 13.3. The second kappa shape index (κ2) is 11.6. The van der Waals surface area contributed by atoms with Crippen LogP contribution in [0.15, 0.2) is 36.4 Å². The maximum absolute atomic E-state index is 12.4. The Morgan fingerprint density at radius 1 is 0.780 bits per heavy atom. The summed E-state index contributed by atoms with van der Waals surface area (Å²) in [7, 11) is 5.76. The van der Waals surface area contributed by atoms with Crippen LogP contribution in [0.25, 0.3) is 0 Å². The number of aliphatic hydroxyl groups is 3. The molecule has 3 aliphatic rings. The summed E-state index contributed by atoms with van der Waals surface area (Å²) >= 11 is 0. The van der Waals surface area contributed by atoms with Crippen LogP contribution in [-0.4, -0.2) is 93.1 Å². The van der Waals surface area contributed by atoms with Crippen molar-refractivity contribution in [1.29, 1.82) is 0 Å². The maximum Gasteiger partial charge on any atom is 0.340 e. The molecule has 12 heteroatoms. The summed E-state index contributed by atoms with van der Waals surface area (Å²) < 4.78 is 45.2. The van der Waals surface area contributed by atoms with Crippen molar-refractivity contribution in [3.63, 3.8) is 0 Å². The minimum Gasteiger partial charge on any atom is -0.493 e. The zero-order valence-corrected chi connectivity index (χ0v) is 23.5. The van der Waals surface area contributed by atoms with Gasteiger partial charge in [-0.2, -0.15) is 0 Å². The summed E-state index contributed by atoms with van der Waals surface area (Å²) in [5.74, 6) is 0.977. The normalized spacial score (nSPS) is 34.5. The average molecular weight is 577 g/mol. The highest BCUT2D eigenvalue weighted by atomic mass is 16.7. The van der Waals surface area contributed by atoms with Crippen molar-refractivity contribution < 1.29 is 58.0 Å². The molecule has 3 fully saturated rings. The molecule has 3 unspecified atom stereocenters. The van der Waals surface area contributed by atoms with Crippen LogP contribution in [0, 0.1) is 11.8 Å². The number of fused-ring (bicyclic) bond motifs is 1. The van der Waals surface area contributed by atoms with Crippen molar-refractivity contribution in [2.75, 3.05) is 41.7 Å². The molecule has 3 aliphatic heterocycles. The molecule has 2 aromatic rings. The number of hydrogen-bond donors (Lipinski definition) is 3. The summed E-state index contributed by atoms with van der Waals surface area (Å²) in [6.07, 6.45) is -7.19. The average Bonchev–Trinajstić information content (AvgIpc) is 3.60. The summed E-state index contributed by atoms with van der Waals surface area (Å²) in [4.78, 5) is 12.4. The van der Waals surface area contributed by atoms with E-state index in [1.54, 1.807) is 26.4 Å². The van der Waals surface area contributed by atoms with Crippen molar-refractivity contribution in [2.45, 2.75) is 49.3 Å². The van der Waals surface area contributed by atoms with E-state index in [4.69, 9.17) is 37.9 Å². The van der Waals surface area contributed by atoms with Gasteiger partial charge in [0.1, 0.15) is 18.3 Å². The molecule has 9 atom stereocenters. The fourth-order valence-electron chi connectivity index (χ4n) is 5.87. The quantitative estimate of drug-likeness (QED) is 0.391. The minimum atomic E-state index is -1.98. The Bertz CT molecular complexity index is 1250. The Morgan fingerprint density at radius 2 is 1.29 bits per heavy atom. The molecule has 3 heterocycles. The number of hydrogen-bond acceptors (Lipinski definition) is 12. The molecule has 0 aliphatic carbocycles. The van der Waals surface area contributed by atoms with Gasteiger partial charge in [0, 0.05) is 11.8 Å². The zero-order chi connectivity index (χ0) is 29.5. The first-order valence-electron chi connectivity index (χ1n) is 13.3. The predicted molar refractivity (Wildman–Crippen MR) is 141 cm³/mol.